The van der Waals surface area contributed by atoms with E-state index in [1.165, 1.54) is 0 Å². The van der Waals surface area contributed by atoms with Crippen LogP contribution < -0.4 is 5.73 Å². The minimum absolute atomic E-state index is 0.379. The molecule has 0 aliphatic rings. The average molecular weight is 293 g/mol. The molecule has 1 aromatic heterocycles. The van der Waals surface area contributed by atoms with Crippen LogP contribution in [-0.4, -0.2) is 10.5 Å². The number of hydrogen-bond acceptors (Lipinski definition) is 1. The molecule has 1 amide bonds. The molecule has 1 heterocycles. The molecule has 2 rings (SSSR count). The van der Waals surface area contributed by atoms with Crippen LogP contribution in [0.3, 0.4) is 0 Å². The van der Waals surface area contributed by atoms with Gasteiger partial charge in [-0.05, 0) is 43.7 Å². The van der Waals surface area contributed by atoms with Gasteiger partial charge in [-0.15, -0.1) is 0 Å². The summed E-state index contributed by atoms with van der Waals surface area (Å²) in [6.45, 7) is 3.79. The van der Waals surface area contributed by atoms with Gasteiger partial charge in [-0.25, -0.2) is 0 Å². The van der Waals surface area contributed by atoms with Gasteiger partial charge < -0.3 is 10.3 Å². The second kappa shape index (κ2) is 4.37. The maximum atomic E-state index is 11.3. The molecule has 0 saturated heterocycles. The zero-order valence-electron chi connectivity index (χ0n) is 9.70. The van der Waals surface area contributed by atoms with Gasteiger partial charge in [0.15, 0.2) is 0 Å². The molecule has 0 unspecified atom stereocenters. The number of amides is 1. The normalized spacial score (nSPS) is 10.5. The van der Waals surface area contributed by atoms with Gasteiger partial charge in [0.05, 0.1) is 5.56 Å². The van der Waals surface area contributed by atoms with Crippen molar-refractivity contribution in [1.82, 2.24) is 4.57 Å². The highest BCUT2D eigenvalue weighted by Crippen LogP contribution is 2.21. The van der Waals surface area contributed by atoms with Crippen molar-refractivity contribution >= 4 is 21.8 Å². The first-order valence-electron chi connectivity index (χ1n) is 5.25. The summed E-state index contributed by atoms with van der Waals surface area (Å²) in [7, 11) is 0. The molecule has 0 radical (unpaired) electrons. The smallest absolute Gasteiger partial charge is 0.250 e. The van der Waals surface area contributed by atoms with E-state index >= 15 is 0 Å². The summed E-state index contributed by atoms with van der Waals surface area (Å²) in [4.78, 5) is 11.3. The van der Waals surface area contributed by atoms with Crippen LogP contribution in [0.1, 0.15) is 21.6 Å². The van der Waals surface area contributed by atoms with Crippen molar-refractivity contribution in [2.24, 2.45) is 5.73 Å². The molecule has 2 aromatic rings. The Kier molecular flexibility index (Phi) is 3.07. The molecule has 4 heteroatoms. The van der Waals surface area contributed by atoms with Crippen molar-refractivity contribution in [2.45, 2.75) is 13.8 Å². The Labute approximate surface area is 108 Å². The Morgan fingerprint density at radius 1 is 1.24 bits per heavy atom. The molecule has 0 saturated carbocycles. The fourth-order valence-corrected chi connectivity index (χ4v) is 2.27. The predicted molar refractivity (Wildman–Crippen MR) is 71.5 cm³/mol. The molecule has 88 valence electrons. The monoisotopic (exact) mass is 292 g/mol. The first-order chi connectivity index (χ1) is 8.00. The van der Waals surface area contributed by atoms with Crippen molar-refractivity contribution in [1.29, 1.82) is 0 Å². The summed E-state index contributed by atoms with van der Waals surface area (Å²) in [5.41, 5.74) is 8.76. The third-order valence-electron chi connectivity index (χ3n) is 2.79. The topological polar surface area (TPSA) is 48.0 Å². The lowest BCUT2D eigenvalue weighted by atomic mass is 10.1. The predicted octanol–water partition coefficient (Wildman–Crippen LogP) is 2.96. The number of aromatic nitrogens is 1. The van der Waals surface area contributed by atoms with E-state index in [0.717, 1.165) is 21.4 Å². The van der Waals surface area contributed by atoms with Crippen LogP contribution in [0.4, 0.5) is 0 Å². The van der Waals surface area contributed by atoms with Crippen LogP contribution in [0.25, 0.3) is 5.69 Å². The number of benzene rings is 1. The molecule has 0 aliphatic heterocycles. The van der Waals surface area contributed by atoms with E-state index in [1.54, 1.807) is 0 Å². The van der Waals surface area contributed by atoms with E-state index in [0.29, 0.717) is 5.56 Å². The highest BCUT2D eigenvalue weighted by Gasteiger charge is 2.14. The lowest BCUT2D eigenvalue weighted by Crippen LogP contribution is -2.13. The molecule has 1 aromatic carbocycles. The number of nitrogens with two attached hydrogens (primary N) is 1. The molecule has 0 aliphatic carbocycles. The quantitative estimate of drug-likeness (QED) is 0.909. The number of nitrogens with zero attached hydrogens (tertiary/aromatic N) is 1. The van der Waals surface area contributed by atoms with Gasteiger partial charge in [-0.3, -0.25) is 4.79 Å². The molecule has 0 spiro atoms. The lowest BCUT2D eigenvalue weighted by Gasteiger charge is -2.06. The third kappa shape index (κ3) is 2.13. The molecular weight excluding hydrogens is 280 g/mol. The van der Waals surface area contributed by atoms with E-state index in [-0.39, 0.29) is 5.91 Å². The van der Waals surface area contributed by atoms with Crippen LogP contribution in [0.15, 0.2) is 34.9 Å². The number of carbonyl (C=O) groups is 1. The number of carbonyl (C=O) groups excluding carboxylic acids is 1. The van der Waals surface area contributed by atoms with Crippen molar-refractivity contribution < 1.29 is 4.79 Å². The first kappa shape index (κ1) is 11.9. The first-order valence-corrected chi connectivity index (χ1v) is 6.04. The van der Waals surface area contributed by atoms with Crippen LogP contribution in [0.5, 0.6) is 0 Å². The molecule has 3 nitrogen and oxygen atoms in total. The summed E-state index contributed by atoms with van der Waals surface area (Å²) in [5, 5.41) is 0. The fraction of sp³-hybridized carbons (Fsp3) is 0.154. The minimum atomic E-state index is -0.379. The lowest BCUT2D eigenvalue weighted by molar-refractivity contribution is 0.0999. The van der Waals surface area contributed by atoms with Crippen LogP contribution >= 0.6 is 15.9 Å². The Balaban J connectivity index is 2.57. The average Bonchev–Trinajstić information content (AvgIpc) is 2.55. The van der Waals surface area contributed by atoms with Crippen LogP contribution in [0.2, 0.25) is 0 Å². The van der Waals surface area contributed by atoms with Gasteiger partial charge in [0.1, 0.15) is 0 Å². The number of aryl methyl sites for hydroxylation is 1. The molecule has 0 atom stereocenters. The standard InChI is InChI=1S/C13H13BrN2O/c1-8-7-16(9(2)12(8)13(15)17)11-5-3-10(14)4-6-11/h3-7H,1-2H3,(H2,15,17). The van der Waals surface area contributed by atoms with Crippen LogP contribution in [-0.2, 0) is 0 Å². The Morgan fingerprint density at radius 2 is 1.82 bits per heavy atom. The van der Waals surface area contributed by atoms with Crippen molar-refractivity contribution in [3.8, 4) is 5.69 Å². The van der Waals surface area contributed by atoms with Crippen molar-refractivity contribution in [2.75, 3.05) is 0 Å². The van der Waals surface area contributed by atoms with E-state index in [9.17, 15) is 4.79 Å². The van der Waals surface area contributed by atoms with Gasteiger partial charge in [-0.1, -0.05) is 15.9 Å². The van der Waals surface area contributed by atoms with Gasteiger partial charge in [-0.2, -0.15) is 0 Å². The highest BCUT2D eigenvalue weighted by molar-refractivity contribution is 9.10. The Morgan fingerprint density at radius 3 is 2.29 bits per heavy atom. The SMILES string of the molecule is Cc1cn(-c2ccc(Br)cc2)c(C)c1C(N)=O. The zero-order chi connectivity index (χ0) is 12.6. The maximum Gasteiger partial charge on any atom is 0.250 e. The van der Waals surface area contributed by atoms with E-state index in [1.807, 2.05) is 48.9 Å². The van der Waals surface area contributed by atoms with Crippen molar-refractivity contribution in [3.05, 3.63) is 51.8 Å². The molecule has 2 N–H and O–H groups in total. The molecule has 0 bridgehead atoms. The van der Waals surface area contributed by atoms with Gasteiger partial charge in [0, 0.05) is 22.1 Å². The summed E-state index contributed by atoms with van der Waals surface area (Å²) in [6, 6.07) is 7.91. The number of rotatable bonds is 2. The van der Waals surface area contributed by atoms with Crippen LogP contribution in [0, 0.1) is 13.8 Å². The largest absolute Gasteiger partial charge is 0.366 e. The molecular formula is C13H13BrN2O. The van der Waals surface area contributed by atoms with Crippen molar-refractivity contribution in [3.63, 3.8) is 0 Å². The highest BCUT2D eigenvalue weighted by atomic mass is 79.9. The minimum Gasteiger partial charge on any atom is -0.366 e. The maximum absolute atomic E-state index is 11.3. The Hall–Kier alpha value is -1.55. The summed E-state index contributed by atoms with van der Waals surface area (Å²) >= 11 is 3.40. The summed E-state index contributed by atoms with van der Waals surface area (Å²) in [6.07, 6.45) is 1.93. The second-order valence-electron chi connectivity index (χ2n) is 3.98. The van der Waals surface area contributed by atoms with E-state index in [2.05, 4.69) is 15.9 Å². The number of primary amides is 1. The number of halogens is 1. The van der Waals surface area contributed by atoms with Gasteiger partial charge in [0.25, 0.3) is 5.91 Å². The van der Waals surface area contributed by atoms with Gasteiger partial charge in [0.2, 0.25) is 0 Å². The second-order valence-corrected chi connectivity index (χ2v) is 4.90. The van der Waals surface area contributed by atoms with E-state index < -0.39 is 0 Å². The third-order valence-corrected chi connectivity index (χ3v) is 3.32. The summed E-state index contributed by atoms with van der Waals surface area (Å²) < 4.78 is 3.00. The van der Waals surface area contributed by atoms with Gasteiger partial charge >= 0.3 is 0 Å². The molecule has 0 fully saturated rings. The number of hydrogen-bond donors (Lipinski definition) is 1. The van der Waals surface area contributed by atoms with E-state index in [4.69, 9.17) is 5.73 Å². The molecule has 17 heavy (non-hydrogen) atoms. The fourth-order valence-electron chi connectivity index (χ4n) is 2.00. The Bertz CT molecular complexity index is 570. The zero-order valence-corrected chi connectivity index (χ0v) is 11.3. The summed E-state index contributed by atoms with van der Waals surface area (Å²) in [5.74, 6) is -0.379.